The number of carbonyl (C=O) groups excluding carboxylic acids is 2. The van der Waals surface area contributed by atoms with Crippen molar-refractivity contribution in [3.05, 3.63) is 29.8 Å². The van der Waals surface area contributed by atoms with E-state index < -0.39 is 0 Å². The molecule has 0 spiro atoms. The van der Waals surface area contributed by atoms with Crippen LogP contribution in [-0.4, -0.2) is 49.0 Å². The predicted octanol–water partition coefficient (Wildman–Crippen LogP) is 0.765. The van der Waals surface area contributed by atoms with Gasteiger partial charge in [0, 0.05) is 31.6 Å². The second-order valence-electron chi connectivity index (χ2n) is 5.45. The fraction of sp³-hybridized carbons (Fsp3) is 0.500. The number of hydrogen-bond acceptors (Lipinski definition) is 4. The van der Waals surface area contributed by atoms with Crippen LogP contribution in [0.25, 0.3) is 0 Å². The number of amides is 2. The van der Waals surface area contributed by atoms with Crippen molar-refractivity contribution < 1.29 is 14.3 Å². The molecule has 0 aliphatic carbocycles. The van der Waals surface area contributed by atoms with E-state index in [0.717, 1.165) is 18.6 Å². The van der Waals surface area contributed by atoms with Crippen molar-refractivity contribution in [2.24, 2.45) is 5.73 Å². The molecule has 6 nitrogen and oxygen atoms in total. The molecule has 0 unspecified atom stereocenters. The molecule has 2 amide bonds. The molecule has 120 valence electrons. The van der Waals surface area contributed by atoms with Gasteiger partial charge in [0.05, 0.1) is 6.61 Å². The second-order valence-corrected chi connectivity index (χ2v) is 5.45. The van der Waals surface area contributed by atoms with Crippen molar-refractivity contribution in [1.29, 1.82) is 0 Å². The largest absolute Gasteiger partial charge is 0.494 e. The highest BCUT2D eigenvalue weighted by atomic mass is 16.5. The number of likely N-dealkylation sites (tertiary alicyclic amines) is 1. The average Bonchev–Trinajstić information content (AvgIpc) is 2.95. The molecule has 1 aliphatic heterocycles. The third-order valence-electron chi connectivity index (χ3n) is 3.60. The van der Waals surface area contributed by atoms with E-state index >= 15 is 0 Å². The lowest BCUT2D eigenvalue weighted by Gasteiger charge is -2.17. The van der Waals surface area contributed by atoms with Gasteiger partial charge in [0.15, 0.2) is 0 Å². The lowest BCUT2D eigenvalue weighted by atomic mass is 10.2. The monoisotopic (exact) mass is 305 g/mol. The van der Waals surface area contributed by atoms with E-state index in [0.29, 0.717) is 31.8 Å². The van der Waals surface area contributed by atoms with Crippen LogP contribution in [0.2, 0.25) is 0 Å². The van der Waals surface area contributed by atoms with E-state index in [4.69, 9.17) is 10.5 Å². The number of ether oxygens (including phenoxy) is 1. The third-order valence-corrected chi connectivity index (χ3v) is 3.60. The maximum atomic E-state index is 12.4. The predicted molar refractivity (Wildman–Crippen MR) is 83.7 cm³/mol. The first-order chi connectivity index (χ1) is 10.6. The summed E-state index contributed by atoms with van der Waals surface area (Å²) in [5.41, 5.74) is 6.05. The lowest BCUT2D eigenvalue weighted by molar-refractivity contribution is -0.119. The zero-order valence-corrected chi connectivity index (χ0v) is 12.9. The van der Waals surface area contributed by atoms with Crippen LogP contribution < -0.4 is 15.8 Å². The molecule has 0 bridgehead atoms. The highest BCUT2D eigenvalue weighted by molar-refractivity contribution is 5.94. The van der Waals surface area contributed by atoms with Crippen LogP contribution in [0.1, 0.15) is 30.1 Å². The SMILES string of the molecule is CC(=O)N[C@H]1CCN(C(=O)c2ccc(OCCCN)cc2)C1. The summed E-state index contributed by atoms with van der Waals surface area (Å²) in [5.74, 6) is 0.669. The Morgan fingerprint density at radius 2 is 2.09 bits per heavy atom. The van der Waals surface area contributed by atoms with Gasteiger partial charge in [0.25, 0.3) is 5.91 Å². The Morgan fingerprint density at radius 3 is 2.73 bits per heavy atom. The van der Waals surface area contributed by atoms with E-state index in [-0.39, 0.29) is 17.9 Å². The molecule has 0 aromatic heterocycles. The van der Waals surface area contributed by atoms with Crippen molar-refractivity contribution in [2.75, 3.05) is 26.2 Å². The number of benzene rings is 1. The third kappa shape index (κ3) is 4.46. The quantitative estimate of drug-likeness (QED) is 0.760. The first-order valence-electron chi connectivity index (χ1n) is 7.59. The molecule has 6 heteroatoms. The van der Waals surface area contributed by atoms with E-state index in [9.17, 15) is 9.59 Å². The Bertz CT molecular complexity index is 516. The van der Waals surface area contributed by atoms with Gasteiger partial charge >= 0.3 is 0 Å². The molecular formula is C16H23N3O3. The summed E-state index contributed by atoms with van der Waals surface area (Å²) >= 11 is 0. The van der Waals surface area contributed by atoms with Crippen LogP contribution in [0.5, 0.6) is 5.75 Å². The maximum Gasteiger partial charge on any atom is 0.253 e. The summed E-state index contributed by atoms with van der Waals surface area (Å²) < 4.78 is 5.52. The summed E-state index contributed by atoms with van der Waals surface area (Å²) in [6.45, 7) is 3.90. The van der Waals surface area contributed by atoms with Crippen LogP contribution in [-0.2, 0) is 4.79 Å². The zero-order chi connectivity index (χ0) is 15.9. The number of nitrogens with two attached hydrogens (primary N) is 1. The van der Waals surface area contributed by atoms with Gasteiger partial charge in [-0.05, 0) is 43.7 Å². The van der Waals surface area contributed by atoms with Gasteiger partial charge in [0.2, 0.25) is 5.91 Å². The minimum atomic E-state index is -0.0571. The fourth-order valence-corrected chi connectivity index (χ4v) is 2.50. The maximum absolute atomic E-state index is 12.4. The minimum Gasteiger partial charge on any atom is -0.494 e. The summed E-state index contributed by atoms with van der Waals surface area (Å²) in [5, 5.41) is 2.85. The molecule has 0 radical (unpaired) electrons. The first kappa shape index (κ1) is 16.3. The lowest BCUT2D eigenvalue weighted by Crippen LogP contribution is -2.37. The molecule has 1 heterocycles. The van der Waals surface area contributed by atoms with Gasteiger partial charge in [-0.1, -0.05) is 0 Å². The molecule has 0 saturated carbocycles. The Kier molecular flexibility index (Phi) is 5.77. The molecule has 1 aromatic rings. The molecular weight excluding hydrogens is 282 g/mol. The molecule has 1 saturated heterocycles. The number of nitrogens with one attached hydrogen (secondary N) is 1. The molecule has 1 aliphatic rings. The number of hydrogen-bond donors (Lipinski definition) is 2. The van der Waals surface area contributed by atoms with Crippen LogP contribution in [0.3, 0.4) is 0 Å². The van der Waals surface area contributed by atoms with E-state index in [1.807, 2.05) is 0 Å². The normalized spacial score (nSPS) is 17.4. The Labute approximate surface area is 130 Å². The van der Waals surface area contributed by atoms with Gasteiger partial charge in [-0.15, -0.1) is 0 Å². The smallest absolute Gasteiger partial charge is 0.253 e. The van der Waals surface area contributed by atoms with Crippen LogP contribution >= 0.6 is 0 Å². The second kappa shape index (κ2) is 7.79. The Hall–Kier alpha value is -2.08. The van der Waals surface area contributed by atoms with E-state index in [2.05, 4.69) is 5.32 Å². The number of nitrogens with zero attached hydrogens (tertiary/aromatic N) is 1. The zero-order valence-electron chi connectivity index (χ0n) is 12.9. The molecule has 3 N–H and O–H groups in total. The van der Waals surface area contributed by atoms with Gasteiger partial charge in [-0.2, -0.15) is 0 Å². The summed E-state index contributed by atoms with van der Waals surface area (Å²) in [4.78, 5) is 25.2. The van der Waals surface area contributed by atoms with Crippen molar-refractivity contribution in [3.63, 3.8) is 0 Å². The minimum absolute atomic E-state index is 0.0126. The van der Waals surface area contributed by atoms with Gasteiger partial charge in [-0.25, -0.2) is 0 Å². The summed E-state index contributed by atoms with van der Waals surface area (Å²) in [6.07, 6.45) is 1.60. The van der Waals surface area contributed by atoms with Crippen molar-refractivity contribution >= 4 is 11.8 Å². The van der Waals surface area contributed by atoms with Gasteiger partial charge in [0.1, 0.15) is 5.75 Å². The van der Waals surface area contributed by atoms with Gasteiger partial charge in [-0.3, -0.25) is 9.59 Å². The van der Waals surface area contributed by atoms with Gasteiger partial charge < -0.3 is 20.7 Å². The molecule has 1 fully saturated rings. The fourth-order valence-electron chi connectivity index (χ4n) is 2.50. The molecule has 22 heavy (non-hydrogen) atoms. The number of rotatable bonds is 6. The van der Waals surface area contributed by atoms with E-state index in [1.165, 1.54) is 6.92 Å². The topological polar surface area (TPSA) is 84.7 Å². The Balaban J connectivity index is 1.89. The first-order valence-corrected chi connectivity index (χ1v) is 7.59. The molecule has 1 atom stereocenters. The summed E-state index contributed by atoms with van der Waals surface area (Å²) in [6, 6.07) is 7.19. The average molecular weight is 305 g/mol. The Morgan fingerprint density at radius 1 is 1.36 bits per heavy atom. The van der Waals surface area contributed by atoms with Crippen LogP contribution in [0.4, 0.5) is 0 Å². The summed E-state index contributed by atoms with van der Waals surface area (Å²) in [7, 11) is 0. The van der Waals surface area contributed by atoms with Crippen LogP contribution in [0.15, 0.2) is 24.3 Å². The molecule has 2 rings (SSSR count). The van der Waals surface area contributed by atoms with E-state index in [1.54, 1.807) is 29.2 Å². The van der Waals surface area contributed by atoms with Crippen LogP contribution in [0, 0.1) is 0 Å². The highest BCUT2D eigenvalue weighted by Gasteiger charge is 2.27. The number of carbonyl (C=O) groups is 2. The van der Waals surface area contributed by atoms with Crippen molar-refractivity contribution in [3.8, 4) is 5.75 Å². The van der Waals surface area contributed by atoms with Crippen molar-refractivity contribution in [2.45, 2.75) is 25.8 Å². The molecule has 1 aromatic carbocycles. The van der Waals surface area contributed by atoms with Crippen molar-refractivity contribution in [1.82, 2.24) is 10.2 Å². The standard InChI is InChI=1S/C16H23N3O3/c1-12(20)18-14-7-9-19(11-14)16(21)13-3-5-15(6-4-13)22-10-2-8-17/h3-6,14H,2,7-11,17H2,1H3,(H,18,20)/t14-/m0/s1. The highest BCUT2D eigenvalue weighted by Crippen LogP contribution is 2.17.